The van der Waals surface area contributed by atoms with E-state index in [2.05, 4.69) is 42.4 Å². The molecule has 0 radical (unpaired) electrons. The molecular formula is C18H21BrN6OS. The van der Waals surface area contributed by atoms with Crippen molar-refractivity contribution in [1.82, 2.24) is 20.2 Å². The Morgan fingerprint density at radius 1 is 1.22 bits per heavy atom. The molecule has 0 atom stereocenters. The number of H-pyrrole nitrogens is 1. The number of fused-ring (bicyclic) bond motifs is 1. The molecular weight excluding hydrogens is 428 g/mol. The van der Waals surface area contributed by atoms with Crippen molar-refractivity contribution in [1.29, 1.82) is 0 Å². The Hall–Kier alpha value is -1.71. The highest BCUT2D eigenvalue weighted by Gasteiger charge is 2.26. The molecule has 0 aromatic carbocycles. The highest BCUT2D eigenvalue weighted by atomic mass is 79.9. The minimum Gasteiger partial charge on any atom is -0.396 e. The number of hydrogen-bond donors (Lipinski definition) is 3. The van der Waals surface area contributed by atoms with Crippen molar-refractivity contribution in [3.63, 3.8) is 0 Å². The number of thiophene rings is 1. The molecule has 27 heavy (non-hydrogen) atoms. The number of aromatic nitrogens is 4. The molecule has 5 rings (SSSR count). The Balaban J connectivity index is 1.46. The smallest absolute Gasteiger partial charge is 0.227 e. The zero-order valence-corrected chi connectivity index (χ0v) is 17.2. The van der Waals surface area contributed by atoms with Gasteiger partial charge in [0.25, 0.3) is 0 Å². The number of aliphatic hydroxyl groups is 1. The molecule has 7 nitrogen and oxygen atoms in total. The largest absolute Gasteiger partial charge is 0.396 e. The number of hydrogen-bond acceptors (Lipinski definition) is 7. The number of piperidine rings is 1. The number of aromatic amines is 1. The van der Waals surface area contributed by atoms with Crippen LogP contribution in [0.15, 0.2) is 15.9 Å². The van der Waals surface area contributed by atoms with Gasteiger partial charge < -0.3 is 15.3 Å². The second-order valence-electron chi connectivity index (χ2n) is 7.36. The van der Waals surface area contributed by atoms with Gasteiger partial charge in [-0.25, -0.2) is 4.98 Å². The monoisotopic (exact) mass is 448 g/mol. The molecule has 2 fully saturated rings. The van der Waals surface area contributed by atoms with Crippen molar-refractivity contribution < 1.29 is 5.11 Å². The van der Waals surface area contributed by atoms with Crippen LogP contribution in [0.1, 0.15) is 37.3 Å². The Bertz CT molecular complexity index is 960. The van der Waals surface area contributed by atoms with Crippen LogP contribution >= 0.6 is 27.3 Å². The highest BCUT2D eigenvalue weighted by Crippen LogP contribution is 2.40. The van der Waals surface area contributed by atoms with Crippen LogP contribution in [-0.2, 0) is 0 Å². The van der Waals surface area contributed by atoms with E-state index in [9.17, 15) is 5.11 Å². The Morgan fingerprint density at radius 2 is 2.04 bits per heavy atom. The van der Waals surface area contributed by atoms with E-state index in [0.717, 1.165) is 57.5 Å². The zero-order valence-electron chi connectivity index (χ0n) is 14.8. The van der Waals surface area contributed by atoms with E-state index in [-0.39, 0.29) is 6.61 Å². The molecule has 0 bridgehead atoms. The predicted octanol–water partition coefficient (Wildman–Crippen LogP) is 4.01. The lowest BCUT2D eigenvalue weighted by Gasteiger charge is -2.31. The van der Waals surface area contributed by atoms with Crippen molar-refractivity contribution in [2.75, 3.05) is 29.9 Å². The number of nitrogens with one attached hydrogen (secondary N) is 2. The van der Waals surface area contributed by atoms with Gasteiger partial charge in [0.15, 0.2) is 11.6 Å². The van der Waals surface area contributed by atoms with E-state index in [4.69, 9.17) is 9.97 Å². The van der Waals surface area contributed by atoms with Crippen molar-refractivity contribution in [2.24, 2.45) is 5.92 Å². The van der Waals surface area contributed by atoms with Gasteiger partial charge in [-0.05, 0) is 53.6 Å². The first kappa shape index (κ1) is 17.4. The van der Waals surface area contributed by atoms with E-state index in [1.807, 2.05) is 6.07 Å². The average Bonchev–Trinajstić information content (AvgIpc) is 3.31. The van der Waals surface area contributed by atoms with E-state index >= 15 is 0 Å². The van der Waals surface area contributed by atoms with Gasteiger partial charge in [0.1, 0.15) is 0 Å². The minimum atomic E-state index is 0.264. The topological polar surface area (TPSA) is 90.0 Å². The van der Waals surface area contributed by atoms with Crippen LogP contribution in [0.4, 0.5) is 17.6 Å². The summed E-state index contributed by atoms with van der Waals surface area (Å²) in [7, 11) is 0. The normalized spacial score (nSPS) is 18.4. The van der Waals surface area contributed by atoms with Gasteiger partial charge in [-0.3, -0.25) is 5.10 Å². The van der Waals surface area contributed by atoms with Crippen LogP contribution in [0.5, 0.6) is 0 Å². The molecule has 1 saturated carbocycles. The Morgan fingerprint density at radius 3 is 2.78 bits per heavy atom. The fourth-order valence-electron chi connectivity index (χ4n) is 3.56. The summed E-state index contributed by atoms with van der Waals surface area (Å²) < 4.78 is 2.05. The van der Waals surface area contributed by atoms with Crippen molar-refractivity contribution >= 4 is 55.1 Å². The molecule has 1 aliphatic carbocycles. The quantitative estimate of drug-likeness (QED) is 0.546. The Labute approximate surface area is 169 Å². The van der Waals surface area contributed by atoms with Gasteiger partial charge in [0.2, 0.25) is 5.95 Å². The number of rotatable bonds is 5. The lowest BCUT2D eigenvalue weighted by atomic mass is 9.98. The Kier molecular flexibility index (Phi) is 4.53. The van der Waals surface area contributed by atoms with Crippen molar-refractivity contribution in [3.05, 3.63) is 21.6 Å². The van der Waals surface area contributed by atoms with Gasteiger partial charge in [0, 0.05) is 37.4 Å². The maximum absolute atomic E-state index is 9.37. The number of aliphatic hydroxyl groups excluding tert-OH is 1. The van der Waals surface area contributed by atoms with Crippen LogP contribution in [0.25, 0.3) is 10.2 Å². The van der Waals surface area contributed by atoms with E-state index in [1.54, 1.807) is 11.3 Å². The van der Waals surface area contributed by atoms with Crippen LogP contribution in [0, 0.1) is 5.92 Å². The first-order chi connectivity index (χ1) is 13.2. The summed E-state index contributed by atoms with van der Waals surface area (Å²) >= 11 is 5.20. The SMILES string of the molecule is OCC1CCN(c2nc(Nc3cc(C4CC4)[nH]n3)c3sc(Br)cc3n2)CC1. The van der Waals surface area contributed by atoms with Gasteiger partial charge in [-0.1, -0.05) is 0 Å². The predicted molar refractivity (Wildman–Crippen MR) is 111 cm³/mol. The van der Waals surface area contributed by atoms with Crippen LogP contribution in [-0.4, -0.2) is 45.0 Å². The summed E-state index contributed by atoms with van der Waals surface area (Å²) in [6.07, 6.45) is 4.42. The average molecular weight is 449 g/mol. The molecule has 3 N–H and O–H groups in total. The first-order valence-corrected chi connectivity index (χ1v) is 11.0. The molecule has 0 unspecified atom stereocenters. The minimum absolute atomic E-state index is 0.264. The molecule has 3 aromatic rings. The molecule has 142 valence electrons. The summed E-state index contributed by atoms with van der Waals surface area (Å²) in [6, 6.07) is 4.12. The number of nitrogens with zero attached hydrogens (tertiary/aromatic N) is 4. The van der Waals surface area contributed by atoms with Gasteiger partial charge in [-0.15, -0.1) is 11.3 Å². The standard InChI is InChI=1S/C18H21BrN6OS/c19-14-7-13-16(27-14)17(21-15-8-12(23-24-15)11-1-2-11)22-18(20-13)25-5-3-10(9-26)4-6-25/h7-8,10-11,26H,1-6,9H2,(H2,20,21,22,23,24). The van der Waals surface area contributed by atoms with Gasteiger partial charge in [-0.2, -0.15) is 10.1 Å². The molecule has 0 amide bonds. The lowest BCUT2D eigenvalue weighted by molar-refractivity contribution is 0.202. The molecule has 1 aliphatic heterocycles. The maximum atomic E-state index is 9.37. The summed E-state index contributed by atoms with van der Waals surface area (Å²) in [6.45, 7) is 2.01. The van der Waals surface area contributed by atoms with E-state index < -0.39 is 0 Å². The third kappa shape index (κ3) is 3.55. The fraction of sp³-hybridized carbons (Fsp3) is 0.500. The molecule has 1 saturated heterocycles. The third-order valence-corrected chi connectivity index (χ3v) is 6.98. The molecule has 9 heteroatoms. The summed E-state index contributed by atoms with van der Waals surface area (Å²) in [5.41, 5.74) is 2.13. The second kappa shape index (κ2) is 7.03. The maximum Gasteiger partial charge on any atom is 0.227 e. The van der Waals surface area contributed by atoms with Gasteiger partial charge >= 0.3 is 0 Å². The molecule has 0 spiro atoms. The van der Waals surface area contributed by atoms with Crippen LogP contribution < -0.4 is 10.2 Å². The molecule has 4 heterocycles. The number of anilines is 3. The van der Waals surface area contributed by atoms with Crippen LogP contribution in [0.2, 0.25) is 0 Å². The summed E-state index contributed by atoms with van der Waals surface area (Å²) in [4.78, 5) is 11.8. The molecule has 2 aliphatic rings. The third-order valence-electron chi connectivity index (χ3n) is 5.35. The number of halogens is 1. The summed E-state index contributed by atoms with van der Waals surface area (Å²) in [5.74, 6) is 3.36. The van der Waals surface area contributed by atoms with E-state index in [0.29, 0.717) is 11.8 Å². The molecule has 3 aromatic heterocycles. The summed E-state index contributed by atoms with van der Waals surface area (Å²) in [5, 5.41) is 20.3. The first-order valence-electron chi connectivity index (χ1n) is 9.35. The zero-order chi connectivity index (χ0) is 18.4. The second-order valence-corrected chi connectivity index (χ2v) is 9.79. The lowest BCUT2D eigenvalue weighted by Crippen LogP contribution is -2.35. The van der Waals surface area contributed by atoms with Crippen molar-refractivity contribution in [2.45, 2.75) is 31.6 Å². The van der Waals surface area contributed by atoms with Gasteiger partial charge in [0.05, 0.1) is 14.0 Å². The van der Waals surface area contributed by atoms with Crippen molar-refractivity contribution in [3.8, 4) is 0 Å². The van der Waals surface area contributed by atoms with E-state index in [1.165, 1.54) is 18.5 Å². The van der Waals surface area contributed by atoms with Crippen LogP contribution in [0.3, 0.4) is 0 Å². The highest BCUT2D eigenvalue weighted by molar-refractivity contribution is 9.11. The fourth-order valence-corrected chi connectivity index (χ4v) is 5.03.